The van der Waals surface area contributed by atoms with E-state index in [1.807, 2.05) is 40.2 Å². The van der Waals surface area contributed by atoms with Crippen molar-refractivity contribution in [2.45, 2.75) is 44.5 Å². The van der Waals surface area contributed by atoms with Gasteiger partial charge in [0.2, 0.25) is 0 Å². The summed E-state index contributed by atoms with van der Waals surface area (Å²) in [6, 6.07) is 8.22. The largest absolute Gasteiger partial charge is 0.361 e. The highest BCUT2D eigenvalue weighted by Crippen LogP contribution is 2.42. The Labute approximate surface area is 194 Å². The monoisotopic (exact) mass is 446 g/mol. The first-order valence-corrected chi connectivity index (χ1v) is 11.5. The van der Waals surface area contributed by atoms with Crippen LogP contribution in [0.3, 0.4) is 0 Å². The lowest BCUT2D eigenvalue weighted by atomic mass is 9.83. The third-order valence-corrected chi connectivity index (χ3v) is 6.63. The van der Waals surface area contributed by atoms with Crippen LogP contribution in [0, 0.1) is 0 Å². The molecule has 0 aromatic carbocycles. The van der Waals surface area contributed by atoms with Crippen LogP contribution in [-0.4, -0.2) is 67.3 Å². The smallest absolute Gasteiger partial charge is 0.257 e. The summed E-state index contributed by atoms with van der Waals surface area (Å²) in [5, 5.41) is 4.48. The van der Waals surface area contributed by atoms with Crippen molar-refractivity contribution in [1.29, 1.82) is 0 Å². The van der Waals surface area contributed by atoms with Gasteiger partial charge in [-0.25, -0.2) is 0 Å². The van der Waals surface area contributed by atoms with E-state index in [9.17, 15) is 4.79 Å². The Balaban J connectivity index is 1.42. The standard InChI is InChI=1S/C25H30N6O2/c1-19(2)31-16-21(12-28-31)14-29-17-23(22-4-3-7-27-13-22)25(18-29)24(32)30(10-11-33-25)15-20-5-8-26-9-6-20/h3-9,12-13,16,19,23H,10-11,14-15,17-18H2,1-2H3/t23-,25+/m1/s1. The van der Waals surface area contributed by atoms with Crippen LogP contribution in [0.25, 0.3) is 0 Å². The number of carbonyl (C=O) groups is 1. The zero-order chi connectivity index (χ0) is 22.8. The molecule has 0 radical (unpaired) electrons. The first-order valence-electron chi connectivity index (χ1n) is 11.5. The molecule has 5 rings (SSSR count). The molecule has 0 saturated carbocycles. The van der Waals surface area contributed by atoms with Crippen LogP contribution in [0.2, 0.25) is 0 Å². The molecule has 3 aromatic rings. The zero-order valence-corrected chi connectivity index (χ0v) is 19.2. The maximum Gasteiger partial charge on any atom is 0.257 e. The van der Waals surface area contributed by atoms with Crippen LogP contribution < -0.4 is 0 Å². The van der Waals surface area contributed by atoms with Crippen molar-refractivity contribution in [1.82, 2.24) is 29.5 Å². The second-order valence-electron chi connectivity index (χ2n) is 9.25. The highest BCUT2D eigenvalue weighted by Gasteiger charge is 2.57. The van der Waals surface area contributed by atoms with Crippen molar-refractivity contribution >= 4 is 5.91 Å². The molecule has 1 spiro atoms. The van der Waals surface area contributed by atoms with E-state index in [-0.39, 0.29) is 11.8 Å². The van der Waals surface area contributed by atoms with E-state index in [0.717, 1.165) is 29.8 Å². The number of amides is 1. The molecular weight excluding hydrogens is 416 g/mol. The summed E-state index contributed by atoms with van der Waals surface area (Å²) in [5.41, 5.74) is 2.34. The molecule has 1 amide bonds. The van der Waals surface area contributed by atoms with Gasteiger partial charge in [0.05, 0.1) is 12.8 Å². The van der Waals surface area contributed by atoms with Gasteiger partial charge in [-0.3, -0.25) is 24.3 Å². The minimum atomic E-state index is -0.914. The van der Waals surface area contributed by atoms with Crippen molar-refractivity contribution in [3.8, 4) is 0 Å². The normalized spacial score (nSPS) is 23.7. The zero-order valence-electron chi connectivity index (χ0n) is 19.2. The van der Waals surface area contributed by atoms with Crippen molar-refractivity contribution < 1.29 is 9.53 Å². The van der Waals surface area contributed by atoms with Gasteiger partial charge in [0.1, 0.15) is 0 Å². The number of hydrogen-bond acceptors (Lipinski definition) is 6. The first-order chi connectivity index (χ1) is 16.0. The molecule has 2 atom stereocenters. The average Bonchev–Trinajstić information content (AvgIpc) is 3.44. The van der Waals surface area contributed by atoms with Crippen molar-refractivity contribution in [3.63, 3.8) is 0 Å². The molecule has 5 heterocycles. The highest BCUT2D eigenvalue weighted by atomic mass is 16.5. The fourth-order valence-electron chi connectivity index (χ4n) is 4.98. The number of rotatable bonds is 6. The van der Waals surface area contributed by atoms with E-state index in [4.69, 9.17) is 4.74 Å². The summed E-state index contributed by atoms with van der Waals surface area (Å²) in [5.74, 6) is -0.0288. The molecule has 33 heavy (non-hydrogen) atoms. The summed E-state index contributed by atoms with van der Waals surface area (Å²) in [6.45, 7) is 7.91. The number of nitrogens with zero attached hydrogens (tertiary/aromatic N) is 6. The van der Waals surface area contributed by atoms with E-state index in [1.54, 1.807) is 18.6 Å². The molecular formula is C25H30N6O2. The van der Waals surface area contributed by atoms with Crippen molar-refractivity contribution in [3.05, 3.63) is 78.1 Å². The number of aromatic nitrogens is 4. The van der Waals surface area contributed by atoms with Gasteiger partial charge >= 0.3 is 0 Å². The SMILES string of the molecule is CC(C)n1cc(CN2C[C@H](c3cccnc3)[C@]3(C2)OCCN(Cc2ccncc2)C3=O)cn1. The molecule has 8 heteroatoms. The predicted molar refractivity (Wildman–Crippen MR) is 123 cm³/mol. The molecule has 0 unspecified atom stereocenters. The Morgan fingerprint density at radius 1 is 1.09 bits per heavy atom. The summed E-state index contributed by atoms with van der Waals surface area (Å²) >= 11 is 0. The molecule has 2 aliphatic heterocycles. The number of pyridine rings is 2. The van der Waals surface area contributed by atoms with Crippen LogP contribution in [0.15, 0.2) is 61.4 Å². The van der Waals surface area contributed by atoms with E-state index in [0.29, 0.717) is 32.3 Å². The quantitative estimate of drug-likeness (QED) is 0.580. The summed E-state index contributed by atoms with van der Waals surface area (Å²) < 4.78 is 8.36. The van der Waals surface area contributed by atoms with Gasteiger partial charge in [-0.05, 0) is 43.2 Å². The van der Waals surface area contributed by atoms with Crippen LogP contribution in [0.5, 0.6) is 0 Å². The van der Waals surface area contributed by atoms with Gasteiger partial charge in [0.25, 0.3) is 5.91 Å². The molecule has 2 saturated heterocycles. The third kappa shape index (κ3) is 4.28. The Hall–Kier alpha value is -3.10. The maximum absolute atomic E-state index is 14.0. The van der Waals surface area contributed by atoms with Gasteiger partial charge in [0.15, 0.2) is 5.60 Å². The van der Waals surface area contributed by atoms with Crippen LogP contribution in [0.4, 0.5) is 0 Å². The van der Waals surface area contributed by atoms with Gasteiger partial charge in [-0.1, -0.05) is 6.07 Å². The Morgan fingerprint density at radius 3 is 2.67 bits per heavy atom. The molecule has 3 aromatic heterocycles. The van der Waals surface area contributed by atoms with Crippen molar-refractivity contribution in [2.24, 2.45) is 0 Å². The van der Waals surface area contributed by atoms with E-state index < -0.39 is 5.60 Å². The van der Waals surface area contributed by atoms with Gasteiger partial charge in [0, 0.05) is 81.2 Å². The topological polar surface area (TPSA) is 76.4 Å². The van der Waals surface area contributed by atoms with Gasteiger partial charge in [-0.2, -0.15) is 5.10 Å². The molecule has 0 bridgehead atoms. The van der Waals surface area contributed by atoms with Crippen LogP contribution >= 0.6 is 0 Å². The second-order valence-corrected chi connectivity index (χ2v) is 9.25. The lowest BCUT2D eigenvalue weighted by Crippen LogP contribution is -2.59. The minimum absolute atomic E-state index is 0.0554. The fraction of sp³-hybridized carbons (Fsp3) is 0.440. The third-order valence-electron chi connectivity index (χ3n) is 6.63. The number of ether oxygens (including phenoxy) is 1. The maximum atomic E-state index is 14.0. The predicted octanol–water partition coefficient (Wildman–Crippen LogP) is 2.65. The van der Waals surface area contributed by atoms with E-state index in [2.05, 4.69) is 46.1 Å². The summed E-state index contributed by atoms with van der Waals surface area (Å²) in [7, 11) is 0. The van der Waals surface area contributed by atoms with E-state index >= 15 is 0 Å². The molecule has 2 aliphatic rings. The van der Waals surface area contributed by atoms with Gasteiger partial charge in [-0.15, -0.1) is 0 Å². The summed E-state index contributed by atoms with van der Waals surface area (Å²) in [4.78, 5) is 26.6. The van der Waals surface area contributed by atoms with Crippen molar-refractivity contribution in [2.75, 3.05) is 26.2 Å². The first kappa shape index (κ1) is 21.7. The summed E-state index contributed by atoms with van der Waals surface area (Å²) in [6.07, 6.45) is 11.2. The second kappa shape index (κ2) is 9.03. The van der Waals surface area contributed by atoms with E-state index in [1.165, 1.54) is 0 Å². The minimum Gasteiger partial charge on any atom is -0.361 e. The molecule has 0 N–H and O–H groups in total. The number of likely N-dealkylation sites (tertiary alicyclic amines) is 1. The lowest BCUT2D eigenvalue weighted by Gasteiger charge is -2.42. The van der Waals surface area contributed by atoms with Crippen LogP contribution in [0.1, 0.15) is 42.5 Å². The van der Waals surface area contributed by atoms with Crippen LogP contribution in [-0.2, 0) is 22.6 Å². The Kier molecular flexibility index (Phi) is 5.95. The molecule has 8 nitrogen and oxygen atoms in total. The van der Waals surface area contributed by atoms with Gasteiger partial charge < -0.3 is 9.64 Å². The molecule has 172 valence electrons. The Morgan fingerprint density at radius 2 is 1.94 bits per heavy atom. The molecule has 2 fully saturated rings. The lowest BCUT2D eigenvalue weighted by molar-refractivity contribution is -0.173. The number of carbonyl (C=O) groups excluding carboxylic acids is 1. The average molecular weight is 447 g/mol. The highest BCUT2D eigenvalue weighted by molar-refractivity contribution is 5.88. The Bertz CT molecular complexity index is 1090. The number of hydrogen-bond donors (Lipinski definition) is 0. The molecule has 0 aliphatic carbocycles. The number of morpholine rings is 1. The fourth-order valence-corrected chi connectivity index (χ4v) is 4.98.